The van der Waals surface area contributed by atoms with Crippen LogP contribution in [0.5, 0.6) is 5.75 Å². The summed E-state index contributed by atoms with van der Waals surface area (Å²) in [4.78, 5) is 21.7. The SMILES string of the molecule is C[C@H](OC(=O)c1ccc(O)cc1F)C(=O)O. The molecular weight excluding hydrogens is 219 g/mol. The monoisotopic (exact) mass is 228 g/mol. The summed E-state index contributed by atoms with van der Waals surface area (Å²) >= 11 is 0. The Hall–Kier alpha value is -2.11. The lowest BCUT2D eigenvalue weighted by Gasteiger charge is -2.09. The lowest BCUT2D eigenvalue weighted by molar-refractivity contribution is -0.146. The van der Waals surface area contributed by atoms with Gasteiger partial charge in [0.2, 0.25) is 0 Å². The summed E-state index contributed by atoms with van der Waals surface area (Å²) < 4.78 is 17.6. The summed E-state index contributed by atoms with van der Waals surface area (Å²) in [6.07, 6.45) is -1.36. The summed E-state index contributed by atoms with van der Waals surface area (Å²) in [7, 11) is 0. The van der Waals surface area contributed by atoms with E-state index in [4.69, 9.17) is 10.2 Å². The number of rotatable bonds is 3. The highest BCUT2D eigenvalue weighted by atomic mass is 19.1. The molecule has 1 aromatic carbocycles. The molecule has 0 saturated heterocycles. The van der Waals surface area contributed by atoms with Crippen LogP contribution in [-0.2, 0) is 9.53 Å². The predicted molar refractivity (Wildman–Crippen MR) is 50.6 cm³/mol. The topological polar surface area (TPSA) is 83.8 Å². The highest BCUT2D eigenvalue weighted by molar-refractivity contribution is 5.91. The van der Waals surface area contributed by atoms with E-state index in [1.54, 1.807) is 0 Å². The first-order valence-corrected chi connectivity index (χ1v) is 4.34. The Morgan fingerprint density at radius 2 is 2.06 bits per heavy atom. The van der Waals surface area contributed by atoms with Gasteiger partial charge in [-0.1, -0.05) is 0 Å². The molecule has 0 unspecified atom stereocenters. The molecule has 1 aromatic rings. The van der Waals surface area contributed by atoms with Crippen LogP contribution in [0.15, 0.2) is 18.2 Å². The molecule has 0 aliphatic heterocycles. The van der Waals surface area contributed by atoms with E-state index in [-0.39, 0.29) is 5.75 Å². The Morgan fingerprint density at radius 3 is 2.56 bits per heavy atom. The van der Waals surface area contributed by atoms with Gasteiger partial charge in [0.15, 0.2) is 6.10 Å². The van der Waals surface area contributed by atoms with Gasteiger partial charge in [0.05, 0.1) is 5.56 Å². The molecule has 0 heterocycles. The molecule has 0 aliphatic rings. The van der Waals surface area contributed by atoms with E-state index in [0.717, 1.165) is 25.1 Å². The normalized spacial score (nSPS) is 11.9. The molecule has 86 valence electrons. The number of hydrogen-bond acceptors (Lipinski definition) is 4. The minimum atomic E-state index is -1.36. The Morgan fingerprint density at radius 1 is 1.44 bits per heavy atom. The van der Waals surface area contributed by atoms with Crippen molar-refractivity contribution >= 4 is 11.9 Å². The number of carbonyl (C=O) groups excluding carboxylic acids is 1. The molecule has 2 N–H and O–H groups in total. The number of phenolic OH excluding ortho intramolecular Hbond substituents is 1. The Balaban J connectivity index is 2.85. The molecule has 0 aromatic heterocycles. The van der Waals surface area contributed by atoms with Gasteiger partial charge in [0.25, 0.3) is 0 Å². The van der Waals surface area contributed by atoms with Crippen LogP contribution >= 0.6 is 0 Å². The van der Waals surface area contributed by atoms with Gasteiger partial charge in [-0.05, 0) is 19.1 Å². The van der Waals surface area contributed by atoms with Crippen LogP contribution in [0.25, 0.3) is 0 Å². The van der Waals surface area contributed by atoms with Crippen molar-refractivity contribution in [2.75, 3.05) is 0 Å². The number of hydrogen-bond donors (Lipinski definition) is 2. The van der Waals surface area contributed by atoms with Crippen LogP contribution in [0.2, 0.25) is 0 Å². The van der Waals surface area contributed by atoms with Gasteiger partial charge in [-0.15, -0.1) is 0 Å². The third-order valence-corrected chi connectivity index (χ3v) is 1.80. The summed E-state index contributed by atoms with van der Waals surface area (Å²) in [5.74, 6) is -3.72. The van der Waals surface area contributed by atoms with E-state index in [1.165, 1.54) is 0 Å². The Bertz CT molecular complexity index is 429. The highest BCUT2D eigenvalue weighted by Gasteiger charge is 2.20. The average Bonchev–Trinajstić information content (AvgIpc) is 2.16. The number of aromatic hydroxyl groups is 1. The third kappa shape index (κ3) is 2.69. The van der Waals surface area contributed by atoms with Crippen LogP contribution < -0.4 is 0 Å². The van der Waals surface area contributed by atoms with Gasteiger partial charge in [-0.2, -0.15) is 0 Å². The second kappa shape index (κ2) is 4.61. The number of benzene rings is 1. The van der Waals surface area contributed by atoms with E-state index in [9.17, 15) is 14.0 Å². The first kappa shape index (κ1) is 12.0. The fourth-order valence-corrected chi connectivity index (χ4v) is 0.944. The fourth-order valence-electron chi connectivity index (χ4n) is 0.944. The molecule has 16 heavy (non-hydrogen) atoms. The summed E-state index contributed by atoms with van der Waals surface area (Å²) in [6.45, 7) is 1.15. The van der Waals surface area contributed by atoms with Crippen molar-refractivity contribution in [1.82, 2.24) is 0 Å². The van der Waals surface area contributed by atoms with E-state index < -0.39 is 29.4 Å². The van der Waals surface area contributed by atoms with Crippen LogP contribution in [0.1, 0.15) is 17.3 Å². The van der Waals surface area contributed by atoms with Gasteiger partial charge in [-0.25, -0.2) is 14.0 Å². The van der Waals surface area contributed by atoms with Crippen molar-refractivity contribution in [3.05, 3.63) is 29.6 Å². The number of halogens is 1. The van der Waals surface area contributed by atoms with E-state index in [2.05, 4.69) is 4.74 Å². The molecule has 0 aliphatic carbocycles. The minimum absolute atomic E-state index is 0.333. The van der Waals surface area contributed by atoms with Crippen molar-refractivity contribution in [3.8, 4) is 5.75 Å². The molecule has 0 spiro atoms. The first-order valence-electron chi connectivity index (χ1n) is 4.34. The van der Waals surface area contributed by atoms with Gasteiger partial charge in [-0.3, -0.25) is 0 Å². The van der Waals surface area contributed by atoms with Gasteiger partial charge in [0.1, 0.15) is 11.6 Å². The average molecular weight is 228 g/mol. The second-order valence-electron chi connectivity index (χ2n) is 3.05. The highest BCUT2D eigenvalue weighted by Crippen LogP contribution is 2.16. The molecule has 5 nitrogen and oxygen atoms in total. The number of phenols is 1. The van der Waals surface area contributed by atoms with Crippen molar-refractivity contribution in [2.24, 2.45) is 0 Å². The second-order valence-corrected chi connectivity index (χ2v) is 3.05. The lowest BCUT2D eigenvalue weighted by Crippen LogP contribution is -2.24. The van der Waals surface area contributed by atoms with Crippen LogP contribution in [-0.4, -0.2) is 28.3 Å². The summed E-state index contributed by atoms with van der Waals surface area (Å²) in [5.41, 5.74) is -0.425. The van der Waals surface area contributed by atoms with E-state index in [0.29, 0.717) is 0 Å². The van der Waals surface area contributed by atoms with Gasteiger partial charge >= 0.3 is 11.9 Å². The molecule has 0 bridgehead atoms. The number of esters is 1. The first-order chi connectivity index (χ1) is 7.41. The van der Waals surface area contributed by atoms with Crippen LogP contribution in [0, 0.1) is 5.82 Å². The zero-order valence-corrected chi connectivity index (χ0v) is 8.31. The van der Waals surface area contributed by atoms with Crippen molar-refractivity contribution in [2.45, 2.75) is 13.0 Å². The molecule has 0 radical (unpaired) electrons. The van der Waals surface area contributed by atoms with Crippen LogP contribution in [0.4, 0.5) is 4.39 Å². The minimum Gasteiger partial charge on any atom is -0.508 e. The number of carboxylic acid groups (broad SMARTS) is 1. The summed E-state index contributed by atoms with van der Waals surface area (Å²) in [6, 6.07) is 2.86. The molecule has 6 heteroatoms. The molecule has 1 rings (SSSR count). The van der Waals surface area contributed by atoms with Gasteiger partial charge in [0, 0.05) is 6.07 Å². The molecular formula is C10H9FO5. The standard InChI is InChI=1S/C10H9FO5/c1-5(9(13)14)16-10(15)7-3-2-6(12)4-8(7)11/h2-5,12H,1H3,(H,13,14)/t5-/m0/s1. The van der Waals surface area contributed by atoms with Crippen molar-refractivity contribution in [3.63, 3.8) is 0 Å². The Labute approximate surface area is 90.1 Å². The smallest absolute Gasteiger partial charge is 0.344 e. The maximum Gasteiger partial charge on any atom is 0.344 e. The number of ether oxygens (including phenoxy) is 1. The largest absolute Gasteiger partial charge is 0.508 e. The van der Waals surface area contributed by atoms with E-state index >= 15 is 0 Å². The maximum absolute atomic E-state index is 13.1. The lowest BCUT2D eigenvalue weighted by atomic mass is 10.2. The Kier molecular flexibility index (Phi) is 3.44. The number of aliphatic carboxylic acids is 1. The maximum atomic E-state index is 13.1. The quantitative estimate of drug-likeness (QED) is 0.758. The zero-order valence-electron chi connectivity index (χ0n) is 8.31. The third-order valence-electron chi connectivity index (χ3n) is 1.80. The molecule has 0 saturated carbocycles. The fraction of sp³-hybridized carbons (Fsp3) is 0.200. The van der Waals surface area contributed by atoms with Crippen molar-refractivity contribution < 1.29 is 28.9 Å². The molecule has 0 fully saturated rings. The van der Waals surface area contributed by atoms with Crippen molar-refractivity contribution in [1.29, 1.82) is 0 Å². The zero-order chi connectivity index (χ0) is 12.3. The predicted octanol–water partition coefficient (Wildman–Crippen LogP) is 1.16. The molecule has 0 amide bonds. The number of carbonyl (C=O) groups is 2. The van der Waals surface area contributed by atoms with Gasteiger partial charge < -0.3 is 14.9 Å². The van der Waals surface area contributed by atoms with Crippen LogP contribution in [0.3, 0.4) is 0 Å². The molecule has 1 atom stereocenters. The van der Waals surface area contributed by atoms with E-state index in [1.807, 2.05) is 0 Å². The summed E-state index contributed by atoms with van der Waals surface area (Å²) in [5, 5.41) is 17.4. The number of carboxylic acids is 1.